The van der Waals surface area contributed by atoms with Gasteiger partial charge in [-0.05, 0) is 53.1 Å². The van der Waals surface area contributed by atoms with E-state index in [-0.39, 0.29) is 6.04 Å². The summed E-state index contributed by atoms with van der Waals surface area (Å²) in [5.41, 5.74) is 2.45. The molecule has 19 heavy (non-hydrogen) atoms. The quantitative estimate of drug-likeness (QED) is 0.847. The lowest BCUT2D eigenvalue weighted by molar-refractivity contribution is 0.414. The van der Waals surface area contributed by atoms with Crippen LogP contribution in [-0.2, 0) is 0 Å². The molecule has 1 atom stereocenters. The van der Waals surface area contributed by atoms with Crippen molar-refractivity contribution in [3.63, 3.8) is 0 Å². The third-order valence-corrected chi connectivity index (χ3v) is 4.00. The molecule has 0 fully saturated rings. The fourth-order valence-electron chi connectivity index (χ4n) is 2.01. The first-order chi connectivity index (χ1) is 9.26. The van der Waals surface area contributed by atoms with Gasteiger partial charge >= 0.3 is 0 Å². The average Bonchev–Trinajstić information content (AvgIpc) is 2.95. The second kappa shape index (κ2) is 6.94. The Hall–Kier alpha value is -1.03. The fraction of sp³-hybridized carbons (Fsp3) is 0.333. The van der Waals surface area contributed by atoms with Crippen molar-refractivity contribution in [3.8, 4) is 5.75 Å². The SMILES string of the molecule is CCCNC(c1ccsc1)c1ccc(Cl)c(OC)c1. The first kappa shape index (κ1) is 14.4. The van der Waals surface area contributed by atoms with Crippen LogP contribution in [0.4, 0.5) is 0 Å². The lowest BCUT2D eigenvalue weighted by Gasteiger charge is -2.19. The minimum absolute atomic E-state index is 0.192. The zero-order valence-corrected chi connectivity index (χ0v) is 12.7. The number of thiophene rings is 1. The van der Waals surface area contributed by atoms with E-state index in [0.29, 0.717) is 5.02 Å². The van der Waals surface area contributed by atoms with Crippen molar-refractivity contribution in [2.24, 2.45) is 0 Å². The molecule has 0 spiro atoms. The van der Waals surface area contributed by atoms with Crippen LogP contribution in [0.2, 0.25) is 5.02 Å². The molecule has 1 aromatic carbocycles. The van der Waals surface area contributed by atoms with Crippen molar-refractivity contribution in [1.82, 2.24) is 5.32 Å². The van der Waals surface area contributed by atoms with Gasteiger partial charge in [0, 0.05) is 0 Å². The summed E-state index contributed by atoms with van der Waals surface area (Å²) in [6.07, 6.45) is 1.10. The van der Waals surface area contributed by atoms with Crippen LogP contribution in [-0.4, -0.2) is 13.7 Å². The molecule has 2 rings (SSSR count). The zero-order chi connectivity index (χ0) is 13.7. The van der Waals surface area contributed by atoms with E-state index in [2.05, 4.69) is 35.1 Å². The van der Waals surface area contributed by atoms with Crippen molar-refractivity contribution >= 4 is 22.9 Å². The first-order valence-corrected chi connectivity index (χ1v) is 7.67. The van der Waals surface area contributed by atoms with Gasteiger partial charge in [-0.2, -0.15) is 11.3 Å². The molecule has 0 bridgehead atoms. The van der Waals surface area contributed by atoms with E-state index in [1.807, 2.05) is 12.1 Å². The molecule has 0 saturated carbocycles. The molecular formula is C15H18ClNOS. The molecule has 102 valence electrons. The van der Waals surface area contributed by atoms with Gasteiger partial charge < -0.3 is 10.1 Å². The van der Waals surface area contributed by atoms with Gasteiger partial charge in [0.05, 0.1) is 18.2 Å². The van der Waals surface area contributed by atoms with Gasteiger partial charge in [-0.1, -0.05) is 24.6 Å². The highest BCUT2D eigenvalue weighted by Gasteiger charge is 2.15. The predicted molar refractivity (Wildman–Crippen MR) is 82.5 cm³/mol. The van der Waals surface area contributed by atoms with E-state index in [1.54, 1.807) is 18.4 Å². The van der Waals surface area contributed by atoms with Crippen molar-refractivity contribution in [3.05, 3.63) is 51.2 Å². The number of halogens is 1. The van der Waals surface area contributed by atoms with Gasteiger partial charge in [-0.15, -0.1) is 0 Å². The predicted octanol–water partition coefficient (Wildman–Crippen LogP) is 4.50. The molecule has 2 nitrogen and oxygen atoms in total. The number of nitrogens with one attached hydrogen (secondary N) is 1. The maximum absolute atomic E-state index is 6.09. The molecule has 2 aromatic rings. The fourth-order valence-corrected chi connectivity index (χ4v) is 2.89. The highest BCUT2D eigenvalue weighted by molar-refractivity contribution is 7.08. The van der Waals surface area contributed by atoms with Gasteiger partial charge in [0.2, 0.25) is 0 Å². The Morgan fingerprint density at radius 1 is 1.32 bits per heavy atom. The third kappa shape index (κ3) is 3.50. The van der Waals surface area contributed by atoms with Gasteiger partial charge in [0.1, 0.15) is 5.75 Å². The summed E-state index contributed by atoms with van der Waals surface area (Å²) in [4.78, 5) is 0. The summed E-state index contributed by atoms with van der Waals surface area (Å²) in [5.74, 6) is 0.720. The second-order valence-corrected chi connectivity index (χ2v) is 5.53. The van der Waals surface area contributed by atoms with Crippen molar-refractivity contribution in [1.29, 1.82) is 0 Å². The zero-order valence-electron chi connectivity index (χ0n) is 11.2. The van der Waals surface area contributed by atoms with Crippen LogP contribution in [0.25, 0.3) is 0 Å². The normalized spacial score (nSPS) is 12.4. The minimum Gasteiger partial charge on any atom is -0.495 e. The van der Waals surface area contributed by atoms with E-state index in [4.69, 9.17) is 16.3 Å². The number of hydrogen-bond donors (Lipinski definition) is 1. The molecule has 0 radical (unpaired) electrons. The van der Waals surface area contributed by atoms with E-state index in [9.17, 15) is 0 Å². The maximum atomic E-state index is 6.09. The smallest absolute Gasteiger partial charge is 0.137 e. The van der Waals surface area contributed by atoms with Crippen LogP contribution in [0.5, 0.6) is 5.75 Å². The van der Waals surface area contributed by atoms with Crippen LogP contribution >= 0.6 is 22.9 Å². The van der Waals surface area contributed by atoms with E-state index in [1.165, 1.54) is 11.1 Å². The largest absolute Gasteiger partial charge is 0.495 e. The molecule has 1 aromatic heterocycles. The van der Waals surface area contributed by atoms with E-state index < -0.39 is 0 Å². The monoisotopic (exact) mass is 295 g/mol. The molecular weight excluding hydrogens is 278 g/mol. The Balaban J connectivity index is 2.32. The summed E-state index contributed by atoms with van der Waals surface area (Å²) in [5, 5.41) is 8.49. The Morgan fingerprint density at radius 3 is 2.79 bits per heavy atom. The number of ether oxygens (including phenoxy) is 1. The lowest BCUT2D eigenvalue weighted by atomic mass is 10.0. The number of rotatable bonds is 6. The van der Waals surface area contributed by atoms with Crippen LogP contribution in [0.15, 0.2) is 35.0 Å². The second-order valence-electron chi connectivity index (χ2n) is 4.34. The van der Waals surface area contributed by atoms with Crippen LogP contribution in [0, 0.1) is 0 Å². The molecule has 0 aliphatic carbocycles. The van der Waals surface area contributed by atoms with Crippen molar-refractivity contribution < 1.29 is 4.74 Å². The summed E-state index contributed by atoms with van der Waals surface area (Å²) >= 11 is 7.80. The third-order valence-electron chi connectivity index (χ3n) is 2.98. The summed E-state index contributed by atoms with van der Waals surface area (Å²) in [6, 6.07) is 8.29. The average molecular weight is 296 g/mol. The summed E-state index contributed by atoms with van der Waals surface area (Å²) in [7, 11) is 1.64. The topological polar surface area (TPSA) is 21.3 Å². The van der Waals surface area contributed by atoms with Crippen LogP contribution in [0.3, 0.4) is 0 Å². The molecule has 0 saturated heterocycles. The van der Waals surface area contributed by atoms with Gasteiger partial charge in [0.25, 0.3) is 0 Å². The number of methoxy groups -OCH3 is 1. The van der Waals surface area contributed by atoms with Gasteiger partial charge in [-0.3, -0.25) is 0 Å². The molecule has 1 N–H and O–H groups in total. The van der Waals surface area contributed by atoms with Crippen LogP contribution in [0.1, 0.15) is 30.5 Å². The number of hydrogen-bond acceptors (Lipinski definition) is 3. The molecule has 1 unspecified atom stereocenters. The Labute approximate surface area is 123 Å². The highest BCUT2D eigenvalue weighted by Crippen LogP contribution is 2.31. The minimum atomic E-state index is 0.192. The van der Waals surface area contributed by atoms with Crippen molar-refractivity contribution in [2.75, 3.05) is 13.7 Å². The summed E-state index contributed by atoms with van der Waals surface area (Å²) in [6.45, 7) is 3.14. The lowest BCUT2D eigenvalue weighted by Crippen LogP contribution is -2.22. The van der Waals surface area contributed by atoms with Crippen LogP contribution < -0.4 is 10.1 Å². The molecule has 0 amide bonds. The van der Waals surface area contributed by atoms with Gasteiger partial charge in [-0.25, -0.2) is 0 Å². The van der Waals surface area contributed by atoms with E-state index in [0.717, 1.165) is 18.7 Å². The standard InChI is InChI=1S/C15H18ClNOS/c1-3-7-17-15(12-6-8-19-10-12)11-4-5-13(16)14(9-11)18-2/h4-6,8-10,15,17H,3,7H2,1-2H3. The number of benzene rings is 1. The van der Waals surface area contributed by atoms with Gasteiger partial charge in [0.15, 0.2) is 0 Å². The Bertz CT molecular complexity index is 513. The van der Waals surface area contributed by atoms with E-state index >= 15 is 0 Å². The van der Waals surface area contributed by atoms with Crippen molar-refractivity contribution in [2.45, 2.75) is 19.4 Å². The molecule has 4 heteroatoms. The summed E-state index contributed by atoms with van der Waals surface area (Å²) < 4.78 is 5.30. The molecule has 1 heterocycles. The first-order valence-electron chi connectivity index (χ1n) is 6.35. The Kier molecular flexibility index (Phi) is 5.25. The molecule has 0 aliphatic rings. The maximum Gasteiger partial charge on any atom is 0.137 e. The Morgan fingerprint density at radius 2 is 2.16 bits per heavy atom. The highest BCUT2D eigenvalue weighted by atomic mass is 35.5. The molecule has 0 aliphatic heterocycles.